The number of ketones is 2. The lowest BCUT2D eigenvalue weighted by atomic mass is 9.70. The zero-order chi connectivity index (χ0) is 25.2. The number of carboxylic acids is 1. The maximum Gasteiger partial charge on any atom is 0.161 e. The number of carbonyl (C=O) groups is 3. The van der Waals surface area contributed by atoms with Gasteiger partial charge >= 0.3 is 0 Å². The van der Waals surface area contributed by atoms with Gasteiger partial charge in [0.1, 0.15) is 18.2 Å². The van der Waals surface area contributed by atoms with Crippen LogP contribution in [0, 0.1) is 5.82 Å². The average Bonchev–Trinajstić information content (AvgIpc) is 2.87. The van der Waals surface area contributed by atoms with Crippen LogP contribution >= 0.6 is 0 Å². The van der Waals surface area contributed by atoms with Crippen LogP contribution < -0.4 is 9.84 Å². The Kier molecular flexibility index (Phi) is 6.72. The Morgan fingerprint density at radius 3 is 2.17 bits per heavy atom. The molecule has 2 aliphatic carbocycles. The summed E-state index contributed by atoms with van der Waals surface area (Å²) in [6, 6.07) is 13.7. The molecule has 0 aromatic heterocycles. The van der Waals surface area contributed by atoms with Crippen LogP contribution in [0.2, 0.25) is 0 Å². The number of aliphatic carboxylic acids is 1. The van der Waals surface area contributed by atoms with E-state index in [1.807, 2.05) is 23.1 Å². The lowest BCUT2D eigenvalue weighted by Crippen LogP contribution is -2.40. The highest BCUT2D eigenvalue weighted by Crippen LogP contribution is 2.50. The SMILES string of the molecule is O=C([O-])CCN1C2=C(C(=O)CCC2)C(c2ccccc2OCc2ccccc2F)C2=C1CCCC2=O. The van der Waals surface area contributed by atoms with Crippen molar-refractivity contribution in [1.29, 1.82) is 0 Å². The highest BCUT2D eigenvalue weighted by Gasteiger charge is 2.44. The van der Waals surface area contributed by atoms with Gasteiger partial charge in [0.15, 0.2) is 11.6 Å². The summed E-state index contributed by atoms with van der Waals surface area (Å²) in [5, 5.41) is 11.3. The molecule has 0 unspecified atom stereocenters. The summed E-state index contributed by atoms with van der Waals surface area (Å²) >= 11 is 0. The molecule has 1 heterocycles. The Hall–Kier alpha value is -3.74. The van der Waals surface area contributed by atoms with Crippen LogP contribution in [0.15, 0.2) is 71.1 Å². The molecule has 2 aromatic rings. The van der Waals surface area contributed by atoms with E-state index in [4.69, 9.17) is 4.74 Å². The molecular formula is C29H27FNO5-. The number of rotatable bonds is 7. The van der Waals surface area contributed by atoms with E-state index in [0.717, 1.165) is 11.4 Å². The van der Waals surface area contributed by atoms with Gasteiger partial charge in [0.05, 0.1) is 0 Å². The third-order valence-corrected chi connectivity index (χ3v) is 7.20. The van der Waals surface area contributed by atoms with Crippen LogP contribution in [0.25, 0.3) is 0 Å². The number of ether oxygens (including phenoxy) is 1. The smallest absolute Gasteiger partial charge is 0.161 e. The van der Waals surface area contributed by atoms with Crippen LogP contribution in [0.5, 0.6) is 5.75 Å². The van der Waals surface area contributed by atoms with Crippen molar-refractivity contribution in [3.05, 3.63) is 88.0 Å². The van der Waals surface area contributed by atoms with Gasteiger partial charge in [-0.1, -0.05) is 36.4 Å². The fourth-order valence-electron chi connectivity index (χ4n) is 5.62. The molecule has 5 rings (SSSR count). The number of nitrogens with zero attached hydrogens (tertiary/aromatic N) is 1. The summed E-state index contributed by atoms with van der Waals surface area (Å²) in [6.45, 7) is 0.173. The molecule has 0 amide bonds. The van der Waals surface area contributed by atoms with E-state index >= 15 is 0 Å². The van der Waals surface area contributed by atoms with Crippen molar-refractivity contribution >= 4 is 17.5 Å². The zero-order valence-electron chi connectivity index (χ0n) is 19.9. The quantitative estimate of drug-likeness (QED) is 0.587. The number of hydrogen-bond acceptors (Lipinski definition) is 6. The second-order valence-corrected chi connectivity index (χ2v) is 9.40. The Labute approximate surface area is 209 Å². The average molecular weight is 489 g/mol. The number of hydrogen-bond donors (Lipinski definition) is 0. The van der Waals surface area contributed by atoms with Crippen LogP contribution in [-0.2, 0) is 21.0 Å². The van der Waals surface area contributed by atoms with Crippen LogP contribution in [0.1, 0.15) is 62.0 Å². The number of para-hydroxylation sites is 1. The minimum atomic E-state index is -1.17. The van der Waals surface area contributed by atoms with Crippen LogP contribution in [0.4, 0.5) is 4.39 Å². The van der Waals surface area contributed by atoms with Gasteiger partial charge < -0.3 is 19.5 Å². The Balaban J connectivity index is 1.61. The largest absolute Gasteiger partial charge is 0.550 e. The van der Waals surface area contributed by atoms with E-state index in [-0.39, 0.29) is 37.0 Å². The monoisotopic (exact) mass is 488 g/mol. The van der Waals surface area contributed by atoms with Gasteiger partial charge in [-0.05, 0) is 37.8 Å². The molecule has 0 saturated carbocycles. The molecule has 3 aliphatic rings. The van der Waals surface area contributed by atoms with E-state index in [0.29, 0.717) is 66.5 Å². The second kappa shape index (κ2) is 10.1. The zero-order valence-corrected chi connectivity index (χ0v) is 19.9. The van der Waals surface area contributed by atoms with Crippen molar-refractivity contribution in [3.8, 4) is 5.75 Å². The predicted octanol–water partition coefficient (Wildman–Crippen LogP) is 3.96. The number of benzene rings is 2. The molecule has 7 heteroatoms. The van der Waals surface area contributed by atoms with Gasteiger partial charge in [0.25, 0.3) is 0 Å². The topological polar surface area (TPSA) is 86.7 Å². The third-order valence-electron chi connectivity index (χ3n) is 7.20. The molecule has 0 radical (unpaired) electrons. The fraction of sp³-hybridized carbons (Fsp3) is 0.345. The molecule has 2 aromatic carbocycles. The van der Waals surface area contributed by atoms with E-state index in [1.54, 1.807) is 24.3 Å². The highest BCUT2D eigenvalue weighted by molar-refractivity contribution is 6.06. The van der Waals surface area contributed by atoms with Crippen molar-refractivity contribution in [2.75, 3.05) is 6.54 Å². The lowest BCUT2D eigenvalue weighted by Gasteiger charge is -2.44. The molecule has 0 spiro atoms. The number of Topliss-reactive ketones (excluding diaryl/α,β-unsaturated/α-hetero) is 2. The van der Waals surface area contributed by atoms with Gasteiger partial charge in [0.2, 0.25) is 0 Å². The summed E-state index contributed by atoms with van der Waals surface area (Å²) in [5.74, 6) is -1.70. The lowest BCUT2D eigenvalue weighted by molar-refractivity contribution is -0.305. The first kappa shape index (κ1) is 24.0. The van der Waals surface area contributed by atoms with Crippen LogP contribution in [-0.4, -0.2) is 29.0 Å². The molecular weight excluding hydrogens is 461 g/mol. The van der Waals surface area contributed by atoms with Crippen molar-refractivity contribution in [1.82, 2.24) is 4.90 Å². The van der Waals surface area contributed by atoms with Crippen molar-refractivity contribution in [2.24, 2.45) is 0 Å². The molecule has 0 bridgehead atoms. The molecule has 0 saturated heterocycles. The Morgan fingerprint density at radius 2 is 1.53 bits per heavy atom. The normalized spacial score (nSPS) is 18.3. The second-order valence-electron chi connectivity index (χ2n) is 9.40. The molecule has 6 nitrogen and oxygen atoms in total. The van der Waals surface area contributed by atoms with Crippen LogP contribution in [0.3, 0.4) is 0 Å². The Bertz CT molecular complexity index is 1250. The van der Waals surface area contributed by atoms with Crippen molar-refractivity contribution in [2.45, 2.75) is 57.5 Å². The van der Waals surface area contributed by atoms with E-state index in [9.17, 15) is 23.9 Å². The number of allylic oxidation sites excluding steroid dienone is 4. The summed E-state index contributed by atoms with van der Waals surface area (Å²) in [4.78, 5) is 39.9. The number of halogens is 1. The minimum Gasteiger partial charge on any atom is -0.550 e. The van der Waals surface area contributed by atoms with Gasteiger partial charge in [-0.25, -0.2) is 4.39 Å². The van der Waals surface area contributed by atoms with Crippen molar-refractivity contribution < 1.29 is 28.6 Å². The minimum absolute atomic E-state index is 0.00778. The first-order valence-corrected chi connectivity index (χ1v) is 12.4. The summed E-state index contributed by atoms with van der Waals surface area (Å²) < 4.78 is 20.3. The standard InChI is InChI=1S/C29H28FNO5/c30-20-9-3-1-7-18(20)17-36-25-14-4-2-8-19(25)27-28-21(10-5-12-23(28)32)31(16-15-26(34)35)22-11-6-13-24(33)29(22)27/h1-4,7-9,14,27H,5-6,10-13,15-17H2,(H,34,35)/p-1. The van der Waals surface area contributed by atoms with Gasteiger partial charge in [-0.15, -0.1) is 0 Å². The highest BCUT2D eigenvalue weighted by atomic mass is 19.1. The van der Waals surface area contributed by atoms with E-state index < -0.39 is 11.9 Å². The number of carbonyl (C=O) groups excluding carboxylic acids is 3. The number of carboxylic acid groups (broad SMARTS) is 1. The summed E-state index contributed by atoms with van der Waals surface area (Å²) in [6.07, 6.45) is 3.17. The predicted molar refractivity (Wildman–Crippen MR) is 128 cm³/mol. The molecule has 0 fully saturated rings. The van der Waals surface area contributed by atoms with E-state index in [1.165, 1.54) is 6.07 Å². The maximum atomic E-state index is 14.2. The molecule has 1 aliphatic heterocycles. The first-order chi connectivity index (χ1) is 17.5. The van der Waals surface area contributed by atoms with Crippen molar-refractivity contribution in [3.63, 3.8) is 0 Å². The maximum absolute atomic E-state index is 14.2. The first-order valence-electron chi connectivity index (χ1n) is 12.4. The molecule has 0 N–H and O–H groups in total. The van der Waals surface area contributed by atoms with Gasteiger partial charge in [0, 0.05) is 71.4 Å². The molecule has 186 valence electrons. The molecule has 36 heavy (non-hydrogen) atoms. The summed E-state index contributed by atoms with van der Waals surface area (Å²) in [7, 11) is 0. The molecule has 0 atom stereocenters. The third kappa shape index (κ3) is 4.45. The Morgan fingerprint density at radius 1 is 0.917 bits per heavy atom. The summed E-state index contributed by atoms with van der Waals surface area (Å²) in [5.41, 5.74) is 3.81. The fourth-order valence-corrected chi connectivity index (χ4v) is 5.62. The van der Waals surface area contributed by atoms with Gasteiger partial charge in [-0.2, -0.15) is 0 Å². The van der Waals surface area contributed by atoms with Gasteiger partial charge in [-0.3, -0.25) is 9.59 Å². The van der Waals surface area contributed by atoms with E-state index in [2.05, 4.69) is 0 Å².